The first-order valence-corrected chi connectivity index (χ1v) is 6.65. The number of unbranched alkanes of at least 4 members (excludes halogenated alkanes) is 2. The Hall–Kier alpha value is -1.55. The highest BCUT2D eigenvalue weighted by atomic mass is 16.5. The maximum atomic E-state index is 10.4. The fourth-order valence-electron chi connectivity index (χ4n) is 1.96. The van der Waals surface area contributed by atoms with Gasteiger partial charge in [-0.3, -0.25) is 4.79 Å². The summed E-state index contributed by atoms with van der Waals surface area (Å²) in [5.41, 5.74) is 1.26. The zero-order valence-corrected chi connectivity index (χ0v) is 11.8. The van der Waals surface area contributed by atoms with E-state index in [-0.39, 0.29) is 6.42 Å². The zero-order chi connectivity index (χ0) is 14.1. The molecule has 0 aromatic heterocycles. The Morgan fingerprint density at radius 3 is 2.47 bits per heavy atom. The molecule has 0 fully saturated rings. The maximum absolute atomic E-state index is 10.4. The lowest BCUT2D eigenvalue weighted by Gasteiger charge is -2.16. The molecule has 106 valence electrons. The number of carboxylic acids is 1. The summed E-state index contributed by atoms with van der Waals surface area (Å²) >= 11 is 0. The lowest BCUT2D eigenvalue weighted by atomic mass is 10.1. The van der Waals surface area contributed by atoms with E-state index in [9.17, 15) is 4.79 Å². The molecule has 0 saturated heterocycles. The summed E-state index contributed by atoms with van der Waals surface area (Å²) < 4.78 is 5.12. The average molecular weight is 265 g/mol. The molecule has 0 aliphatic rings. The van der Waals surface area contributed by atoms with Gasteiger partial charge in [-0.2, -0.15) is 0 Å². The molecule has 0 amide bonds. The Balaban J connectivity index is 2.19. The van der Waals surface area contributed by atoms with Crippen LogP contribution in [0.5, 0.6) is 5.75 Å². The van der Waals surface area contributed by atoms with Gasteiger partial charge in [-0.1, -0.05) is 18.6 Å². The Kier molecular flexibility index (Phi) is 6.97. The Morgan fingerprint density at radius 2 is 1.89 bits per heavy atom. The molecule has 1 N–H and O–H groups in total. The van der Waals surface area contributed by atoms with Crippen LogP contribution in [0.25, 0.3) is 0 Å². The fourth-order valence-corrected chi connectivity index (χ4v) is 1.96. The van der Waals surface area contributed by atoms with Crippen molar-refractivity contribution in [2.75, 3.05) is 20.7 Å². The molecule has 4 nitrogen and oxygen atoms in total. The smallest absolute Gasteiger partial charge is 0.303 e. The Bertz CT molecular complexity index is 375. The zero-order valence-electron chi connectivity index (χ0n) is 11.8. The Morgan fingerprint density at radius 1 is 1.21 bits per heavy atom. The monoisotopic (exact) mass is 265 g/mol. The van der Waals surface area contributed by atoms with Crippen LogP contribution in [-0.4, -0.2) is 36.7 Å². The van der Waals surface area contributed by atoms with Crippen LogP contribution in [-0.2, 0) is 11.3 Å². The summed E-state index contributed by atoms with van der Waals surface area (Å²) in [5, 5.41) is 8.54. The van der Waals surface area contributed by atoms with E-state index in [1.54, 1.807) is 7.11 Å². The summed E-state index contributed by atoms with van der Waals surface area (Å²) in [4.78, 5) is 12.6. The molecule has 0 bridgehead atoms. The third kappa shape index (κ3) is 6.82. The van der Waals surface area contributed by atoms with Crippen molar-refractivity contribution in [1.82, 2.24) is 4.90 Å². The molecule has 0 atom stereocenters. The van der Waals surface area contributed by atoms with Crippen LogP contribution in [0.4, 0.5) is 0 Å². The molecule has 0 heterocycles. The first kappa shape index (κ1) is 15.5. The van der Waals surface area contributed by atoms with E-state index in [1.807, 2.05) is 12.1 Å². The van der Waals surface area contributed by atoms with Gasteiger partial charge in [0.15, 0.2) is 0 Å². The summed E-state index contributed by atoms with van der Waals surface area (Å²) in [6, 6.07) is 8.07. The number of methoxy groups -OCH3 is 1. The molecule has 0 radical (unpaired) electrons. The number of carbonyl (C=O) groups is 1. The van der Waals surface area contributed by atoms with Crippen LogP contribution < -0.4 is 4.74 Å². The molecule has 0 aliphatic carbocycles. The van der Waals surface area contributed by atoms with Crippen molar-refractivity contribution in [3.05, 3.63) is 29.8 Å². The highest BCUT2D eigenvalue weighted by molar-refractivity contribution is 5.66. The van der Waals surface area contributed by atoms with Gasteiger partial charge in [-0.15, -0.1) is 0 Å². The third-order valence-electron chi connectivity index (χ3n) is 3.04. The molecule has 0 spiro atoms. The number of hydrogen-bond donors (Lipinski definition) is 1. The van der Waals surface area contributed by atoms with Gasteiger partial charge in [0, 0.05) is 13.0 Å². The fraction of sp³-hybridized carbons (Fsp3) is 0.533. The van der Waals surface area contributed by atoms with Gasteiger partial charge in [0.2, 0.25) is 0 Å². The molecule has 4 heteroatoms. The van der Waals surface area contributed by atoms with Gasteiger partial charge in [-0.05, 0) is 44.1 Å². The van der Waals surface area contributed by atoms with E-state index in [0.29, 0.717) is 0 Å². The second-order valence-electron chi connectivity index (χ2n) is 4.79. The van der Waals surface area contributed by atoms with E-state index in [1.165, 1.54) is 5.56 Å². The molecule has 0 aliphatic heterocycles. The van der Waals surface area contributed by atoms with Gasteiger partial charge in [0.05, 0.1) is 7.11 Å². The van der Waals surface area contributed by atoms with E-state index < -0.39 is 5.97 Å². The quantitative estimate of drug-likeness (QED) is 0.697. The van der Waals surface area contributed by atoms with Crippen molar-refractivity contribution in [2.45, 2.75) is 32.2 Å². The van der Waals surface area contributed by atoms with Crippen LogP contribution in [0.15, 0.2) is 24.3 Å². The molecule has 1 aromatic carbocycles. The number of ether oxygens (including phenoxy) is 1. The van der Waals surface area contributed by atoms with E-state index in [0.717, 1.165) is 38.1 Å². The highest BCUT2D eigenvalue weighted by Gasteiger charge is 2.02. The number of benzene rings is 1. The van der Waals surface area contributed by atoms with Crippen molar-refractivity contribution in [3.8, 4) is 5.75 Å². The number of nitrogens with zero attached hydrogens (tertiary/aromatic N) is 1. The van der Waals surface area contributed by atoms with Crippen LogP contribution >= 0.6 is 0 Å². The minimum atomic E-state index is -0.702. The maximum Gasteiger partial charge on any atom is 0.303 e. The first-order valence-electron chi connectivity index (χ1n) is 6.65. The van der Waals surface area contributed by atoms with Crippen LogP contribution in [0.2, 0.25) is 0 Å². The summed E-state index contributed by atoms with van der Waals surface area (Å²) in [6.45, 7) is 1.90. The number of aliphatic carboxylic acids is 1. The van der Waals surface area contributed by atoms with Crippen molar-refractivity contribution in [2.24, 2.45) is 0 Å². The number of carboxylic acid groups (broad SMARTS) is 1. The highest BCUT2D eigenvalue weighted by Crippen LogP contribution is 2.12. The van der Waals surface area contributed by atoms with Crippen LogP contribution in [0, 0.1) is 0 Å². The number of rotatable bonds is 9. The van der Waals surface area contributed by atoms with Gasteiger partial charge >= 0.3 is 5.97 Å². The molecule has 1 aromatic rings. The predicted octanol–water partition coefficient (Wildman–Crippen LogP) is 2.77. The standard InChI is InChI=1S/C15H23NO3/c1-16(11-5-3-4-6-15(17)18)12-13-7-9-14(19-2)10-8-13/h7-10H,3-6,11-12H2,1-2H3,(H,17,18). The summed E-state index contributed by atoms with van der Waals surface area (Å²) in [5.74, 6) is 0.173. The van der Waals surface area contributed by atoms with Crippen molar-refractivity contribution in [1.29, 1.82) is 0 Å². The normalized spacial score (nSPS) is 10.7. The van der Waals surface area contributed by atoms with Crippen LogP contribution in [0.3, 0.4) is 0 Å². The molecule has 0 saturated carbocycles. The van der Waals surface area contributed by atoms with E-state index >= 15 is 0 Å². The minimum absolute atomic E-state index is 0.280. The molecule has 1 rings (SSSR count). The van der Waals surface area contributed by atoms with Gasteiger partial charge in [-0.25, -0.2) is 0 Å². The third-order valence-corrected chi connectivity index (χ3v) is 3.04. The molecule has 0 unspecified atom stereocenters. The van der Waals surface area contributed by atoms with Gasteiger partial charge in [0.1, 0.15) is 5.75 Å². The molecular weight excluding hydrogens is 242 g/mol. The topological polar surface area (TPSA) is 49.8 Å². The SMILES string of the molecule is COc1ccc(CN(C)CCCCCC(=O)O)cc1. The summed E-state index contributed by atoms with van der Waals surface area (Å²) in [7, 11) is 3.75. The molecule has 19 heavy (non-hydrogen) atoms. The van der Waals surface area contributed by atoms with Gasteiger partial charge in [0.25, 0.3) is 0 Å². The lowest BCUT2D eigenvalue weighted by molar-refractivity contribution is -0.137. The van der Waals surface area contributed by atoms with E-state index in [4.69, 9.17) is 9.84 Å². The summed E-state index contributed by atoms with van der Waals surface area (Å²) in [6.07, 6.45) is 3.06. The second kappa shape index (κ2) is 8.53. The largest absolute Gasteiger partial charge is 0.497 e. The van der Waals surface area contributed by atoms with Crippen LogP contribution in [0.1, 0.15) is 31.2 Å². The average Bonchev–Trinajstić information content (AvgIpc) is 2.39. The minimum Gasteiger partial charge on any atom is -0.497 e. The van der Waals surface area contributed by atoms with Crippen molar-refractivity contribution >= 4 is 5.97 Å². The molecular formula is C15H23NO3. The van der Waals surface area contributed by atoms with E-state index in [2.05, 4.69) is 24.1 Å². The number of hydrogen-bond acceptors (Lipinski definition) is 3. The van der Waals surface area contributed by atoms with Gasteiger partial charge < -0.3 is 14.7 Å². The van der Waals surface area contributed by atoms with Crippen molar-refractivity contribution < 1.29 is 14.6 Å². The van der Waals surface area contributed by atoms with Crippen molar-refractivity contribution in [3.63, 3.8) is 0 Å². The Labute approximate surface area is 115 Å². The lowest BCUT2D eigenvalue weighted by Crippen LogP contribution is -2.19. The second-order valence-corrected chi connectivity index (χ2v) is 4.79. The predicted molar refractivity (Wildman–Crippen MR) is 75.4 cm³/mol. The first-order chi connectivity index (χ1) is 9.11.